The van der Waals surface area contributed by atoms with Gasteiger partial charge in [-0.2, -0.15) is 0 Å². The van der Waals surface area contributed by atoms with Crippen LogP contribution in [0.4, 0.5) is 0 Å². The van der Waals surface area contributed by atoms with Crippen molar-refractivity contribution in [3.63, 3.8) is 0 Å². The Hall–Kier alpha value is -1.32. The maximum atomic E-state index is 11.7. The van der Waals surface area contributed by atoms with E-state index in [9.17, 15) is 4.79 Å². The average molecular weight is 194 g/mol. The van der Waals surface area contributed by atoms with Gasteiger partial charge in [0.05, 0.1) is 12.1 Å². The average Bonchev–Trinajstić information content (AvgIpc) is 2.72. The third-order valence-corrected chi connectivity index (χ3v) is 2.53. The molecule has 0 bridgehead atoms. The summed E-state index contributed by atoms with van der Waals surface area (Å²) < 4.78 is 4.68. The topological polar surface area (TPSA) is 46.3 Å². The van der Waals surface area contributed by atoms with Crippen LogP contribution in [0.3, 0.4) is 0 Å². The summed E-state index contributed by atoms with van der Waals surface area (Å²) >= 11 is 0. The Bertz CT molecular complexity index is 289. The van der Waals surface area contributed by atoms with Crippen molar-refractivity contribution in [2.75, 3.05) is 13.1 Å². The van der Waals surface area contributed by atoms with Crippen LogP contribution in [-0.2, 0) is 11.2 Å². The van der Waals surface area contributed by atoms with Crippen molar-refractivity contribution in [1.29, 1.82) is 0 Å². The van der Waals surface area contributed by atoms with Gasteiger partial charge in [0.1, 0.15) is 6.26 Å². The molecule has 1 saturated heterocycles. The van der Waals surface area contributed by atoms with E-state index < -0.39 is 0 Å². The molecule has 1 aromatic heterocycles. The fourth-order valence-corrected chi connectivity index (χ4v) is 1.74. The van der Waals surface area contributed by atoms with Crippen molar-refractivity contribution in [1.82, 2.24) is 10.1 Å². The van der Waals surface area contributed by atoms with Gasteiger partial charge < -0.3 is 9.42 Å². The summed E-state index contributed by atoms with van der Waals surface area (Å²) in [4.78, 5) is 13.6. The van der Waals surface area contributed by atoms with Crippen LogP contribution in [0.5, 0.6) is 0 Å². The number of rotatable bonds is 2. The first-order valence-corrected chi connectivity index (χ1v) is 5.03. The number of amides is 1. The number of nitrogens with zero attached hydrogens (tertiary/aromatic N) is 2. The Morgan fingerprint density at radius 2 is 2.21 bits per heavy atom. The number of carbonyl (C=O) groups excluding carboxylic acids is 1. The molecule has 0 aromatic carbocycles. The van der Waals surface area contributed by atoms with Gasteiger partial charge in [0.2, 0.25) is 5.91 Å². The maximum absolute atomic E-state index is 11.7. The molecule has 0 saturated carbocycles. The SMILES string of the molecule is O=C(Cc1ccon1)N1CCCCC1. The standard InChI is InChI=1S/C10H14N2O2/c13-10(8-9-4-7-14-11-9)12-5-2-1-3-6-12/h4,7H,1-3,5-6,8H2. The number of hydrogen-bond acceptors (Lipinski definition) is 3. The molecule has 4 nitrogen and oxygen atoms in total. The molecule has 4 heteroatoms. The maximum Gasteiger partial charge on any atom is 0.228 e. The number of aromatic nitrogens is 1. The van der Waals surface area contributed by atoms with Gasteiger partial charge in [-0.05, 0) is 19.3 Å². The van der Waals surface area contributed by atoms with Crippen molar-refractivity contribution in [2.45, 2.75) is 25.7 Å². The summed E-state index contributed by atoms with van der Waals surface area (Å²) in [6, 6.07) is 1.74. The van der Waals surface area contributed by atoms with Crippen molar-refractivity contribution < 1.29 is 9.32 Å². The Labute approximate surface area is 82.9 Å². The van der Waals surface area contributed by atoms with Gasteiger partial charge in [0.25, 0.3) is 0 Å². The number of likely N-dealkylation sites (tertiary alicyclic amines) is 1. The predicted molar refractivity (Wildman–Crippen MR) is 50.6 cm³/mol. The second kappa shape index (κ2) is 4.26. The van der Waals surface area contributed by atoms with E-state index in [1.165, 1.54) is 12.7 Å². The van der Waals surface area contributed by atoms with Gasteiger partial charge in [-0.25, -0.2) is 0 Å². The summed E-state index contributed by atoms with van der Waals surface area (Å²) in [5.74, 6) is 0.165. The van der Waals surface area contributed by atoms with E-state index in [1.807, 2.05) is 4.90 Å². The van der Waals surface area contributed by atoms with Crippen LogP contribution in [-0.4, -0.2) is 29.1 Å². The molecule has 1 fully saturated rings. The zero-order chi connectivity index (χ0) is 9.80. The highest BCUT2D eigenvalue weighted by atomic mass is 16.5. The zero-order valence-electron chi connectivity index (χ0n) is 8.11. The second-order valence-corrected chi connectivity index (χ2v) is 3.61. The lowest BCUT2D eigenvalue weighted by molar-refractivity contribution is -0.131. The summed E-state index contributed by atoms with van der Waals surface area (Å²) in [5, 5.41) is 3.73. The van der Waals surface area contributed by atoms with Crippen molar-refractivity contribution in [3.05, 3.63) is 18.0 Å². The highest BCUT2D eigenvalue weighted by molar-refractivity contribution is 5.78. The molecule has 0 atom stereocenters. The largest absolute Gasteiger partial charge is 0.364 e. The molecule has 1 aliphatic heterocycles. The van der Waals surface area contributed by atoms with Gasteiger partial charge in [-0.3, -0.25) is 4.79 Å². The lowest BCUT2D eigenvalue weighted by Crippen LogP contribution is -2.36. The van der Waals surface area contributed by atoms with Gasteiger partial charge in [-0.1, -0.05) is 5.16 Å². The molecule has 0 radical (unpaired) electrons. The minimum atomic E-state index is 0.165. The highest BCUT2D eigenvalue weighted by Crippen LogP contribution is 2.10. The molecule has 0 unspecified atom stereocenters. The smallest absolute Gasteiger partial charge is 0.228 e. The number of carbonyl (C=O) groups is 1. The van der Waals surface area contributed by atoms with E-state index in [4.69, 9.17) is 0 Å². The molecule has 1 aliphatic rings. The summed E-state index contributed by atoms with van der Waals surface area (Å²) in [5.41, 5.74) is 0.723. The molecule has 1 aromatic rings. The van der Waals surface area contributed by atoms with Crippen LogP contribution in [0.25, 0.3) is 0 Å². The van der Waals surface area contributed by atoms with E-state index in [-0.39, 0.29) is 5.91 Å². The van der Waals surface area contributed by atoms with Crippen molar-refractivity contribution in [2.24, 2.45) is 0 Å². The van der Waals surface area contributed by atoms with Crippen molar-refractivity contribution >= 4 is 5.91 Å². The Kier molecular flexibility index (Phi) is 2.81. The van der Waals surface area contributed by atoms with Crippen LogP contribution in [0, 0.1) is 0 Å². The summed E-state index contributed by atoms with van der Waals surface area (Å²) in [6.07, 6.45) is 5.37. The molecular weight excluding hydrogens is 180 g/mol. The summed E-state index contributed by atoms with van der Waals surface area (Å²) in [7, 11) is 0. The minimum Gasteiger partial charge on any atom is -0.364 e. The lowest BCUT2D eigenvalue weighted by Gasteiger charge is -2.26. The quantitative estimate of drug-likeness (QED) is 0.711. The second-order valence-electron chi connectivity index (χ2n) is 3.61. The molecule has 2 rings (SSSR count). The zero-order valence-corrected chi connectivity index (χ0v) is 8.11. The Balaban J connectivity index is 1.88. The summed E-state index contributed by atoms with van der Waals surface area (Å²) in [6.45, 7) is 1.80. The fraction of sp³-hybridized carbons (Fsp3) is 0.600. The highest BCUT2D eigenvalue weighted by Gasteiger charge is 2.17. The number of piperidine rings is 1. The molecule has 2 heterocycles. The minimum absolute atomic E-state index is 0.165. The molecular formula is C10H14N2O2. The molecule has 0 N–H and O–H groups in total. The molecule has 76 valence electrons. The van der Waals surface area contributed by atoms with E-state index in [0.29, 0.717) is 6.42 Å². The van der Waals surface area contributed by atoms with Crippen LogP contribution < -0.4 is 0 Å². The molecule has 1 amide bonds. The van der Waals surface area contributed by atoms with Crippen LogP contribution in [0.15, 0.2) is 16.9 Å². The van der Waals surface area contributed by atoms with Gasteiger partial charge in [-0.15, -0.1) is 0 Å². The third-order valence-electron chi connectivity index (χ3n) is 2.53. The van der Waals surface area contributed by atoms with E-state index in [1.54, 1.807) is 6.07 Å². The van der Waals surface area contributed by atoms with Gasteiger partial charge in [0, 0.05) is 19.2 Å². The molecule has 0 aliphatic carbocycles. The predicted octanol–water partition coefficient (Wildman–Crippen LogP) is 1.23. The van der Waals surface area contributed by atoms with Crippen molar-refractivity contribution in [3.8, 4) is 0 Å². The van der Waals surface area contributed by atoms with Crippen LogP contribution >= 0.6 is 0 Å². The van der Waals surface area contributed by atoms with E-state index >= 15 is 0 Å². The van der Waals surface area contributed by atoms with Crippen LogP contribution in [0.2, 0.25) is 0 Å². The Morgan fingerprint density at radius 3 is 2.86 bits per heavy atom. The van der Waals surface area contributed by atoms with Gasteiger partial charge >= 0.3 is 0 Å². The Morgan fingerprint density at radius 1 is 1.43 bits per heavy atom. The first-order chi connectivity index (χ1) is 6.86. The monoisotopic (exact) mass is 194 g/mol. The normalized spacial score (nSPS) is 17.0. The van der Waals surface area contributed by atoms with E-state index in [2.05, 4.69) is 9.68 Å². The number of hydrogen-bond donors (Lipinski definition) is 0. The first kappa shape index (κ1) is 9.24. The third kappa shape index (κ3) is 2.13. The van der Waals surface area contributed by atoms with Crippen LogP contribution in [0.1, 0.15) is 25.0 Å². The fourth-order valence-electron chi connectivity index (χ4n) is 1.74. The first-order valence-electron chi connectivity index (χ1n) is 5.03. The molecule has 0 spiro atoms. The molecule has 14 heavy (non-hydrogen) atoms. The lowest BCUT2D eigenvalue weighted by atomic mass is 10.1. The van der Waals surface area contributed by atoms with E-state index in [0.717, 1.165) is 31.6 Å². The van der Waals surface area contributed by atoms with Gasteiger partial charge in [0.15, 0.2) is 0 Å².